The van der Waals surface area contributed by atoms with Gasteiger partial charge in [0, 0.05) is 11.1 Å². The van der Waals surface area contributed by atoms with Crippen LogP contribution in [0.15, 0.2) is 66.7 Å². The number of hydrogen-bond donors (Lipinski definition) is 2. The van der Waals surface area contributed by atoms with Crippen LogP contribution in [-0.4, -0.2) is 10.2 Å². The predicted octanol–water partition coefficient (Wildman–Crippen LogP) is 6.07. The van der Waals surface area contributed by atoms with Crippen LogP contribution < -0.4 is 0 Å². The molecule has 118 valence electrons. The van der Waals surface area contributed by atoms with Crippen LogP contribution in [0.25, 0.3) is 11.1 Å². The van der Waals surface area contributed by atoms with Crippen LogP contribution in [0, 0.1) is 6.92 Å². The van der Waals surface area contributed by atoms with E-state index in [-0.39, 0.29) is 5.75 Å². The Labute approximate surface area is 145 Å². The van der Waals surface area contributed by atoms with Gasteiger partial charge in [-0.2, -0.15) is 0 Å². The fourth-order valence-corrected chi connectivity index (χ4v) is 2.32. The fourth-order valence-electron chi connectivity index (χ4n) is 2.04. The van der Waals surface area contributed by atoms with Gasteiger partial charge < -0.3 is 10.2 Å². The minimum Gasteiger partial charge on any atom is -0.508 e. The van der Waals surface area contributed by atoms with Crippen molar-refractivity contribution in [2.75, 3.05) is 0 Å². The Morgan fingerprint density at radius 3 is 2.04 bits per heavy atom. The number of hydrogen-bond acceptors (Lipinski definition) is 2. The second-order valence-corrected chi connectivity index (χ2v) is 5.76. The topological polar surface area (TPSA) is 40.5 Å². The molecular weight excluding hydrogens is 331 g/mol. The Kier molecular flexibility index (Phi) is 5.91. The fraction of sp³-hybridized carbons (Fsp3) is 0.0526. The Morgan fingerprint density at radius 1 is 0.739 bits per heavy atom. The number of aromatic hydroxyl groups is 2. The summed E-state index contributed by atoms with van der Waals surface area (Å²) in [6, 6.07) is 20.2. The van der Waals surface area contributed by atoms with Gasteiger partial charge in [-0.3, -0.25) is 0 Å². The van der Waals surface area contributed by atoms with Crippen molar-refractivity contribution >= 4 is 23.2 Å². The largest absolute Gasteiger partial charge is 0.508 e. The minimum atomic E-state index is 0.0177. The molecule has 0 heterocycles. The molecule has 0 fully saturated rings. The molecule has 0 radical (unpaired) electrons. The molecule has 0 aliphatic rings. The number of phenols is 2. The van der Waals surface area contributed by atoms with Crippen molar-refractivity contribution < 1.29 is 10.2 Å². The molecule has 3 aromatic rings. The van der Waals surface area contributed by atoms with Crippen LogP contribution in [0.2, 0.25) is 10.0 Å². The summed E-state index contributed by atoms with van der Waals surface area (Å²) in [6.45, 7) is 1.93. The zero-order chi connectivity index (χ0) is 16.8. The van der Waals surface area contributed by atoms with E-state index in [0.29, 0.717) is 15.8 Å². The zero-order valence-electron chi connectivity index (χ0n) is 12.5. The lowest BCUT2D eigenvalue weighted by Gasteiger charge is -2.06. The van der Waals surface area contributed by atoms with Gasteiger partial charge in [0.25, 0.3) is 0 Å². The third-order valence-electron chi connectivity index (χ3n) is 3.30. The van der Waals surface area contributed by atoms with Crippen molar-refractivity contribution in [1.29, 1.82) is 0 Å². The maximum atomic E-state index is 9.56. The molecule has 0 aliphatic carbocycles. The number of rotatable bonds is 1. The normalized spacial score (nSPS) is 9.87. The molecule has 0 bridgehead atoms. The number of benzene rings is 3. The minimum absolute atomic E-state index is 0.0177. The first-order chi connectivity index (χ1) is 11.0. The molecule has 3 aromatic carbocycles. The highest BCUT2D eigenvalue weighted by atomic mass is 35.5. The van der Waals surface area contributed by atoms with Gasteiger partial charge >= 0.3 is 0 Å². The first-order valence-electron chi connectivity index (χ1n) is 6.97. The lowest BCUT2D eigenvalue weighted by atomic mass is 10.0. The van der Waals surface area contributed by atoms with Crippen molar-refractivity contribution in [1.82, 2.24) is 0 Å². The van der Waals surface area contributed by atoms with Crippen molar-refractivity contribution in [2.24, 2.45) is 0 Å². The molecule has 2 N–H and O–H groups in total. The predicted molar refractivity (Wildman–Crippen MR) is 96.4 cm³/mol. The summed E-state index contributed by atoms with van der Waals surface area (Å²) in [5, 5.41) is 19.2. The molecule has 0 aliphatic heterocycles. The molecule has 0 saturated carbocycles. The Bertz CT molecular complexity index is 787. The van der Waals surface area contributed by atoms with E-state index in [9.17, 15) is 5.11 Å². The molecule has 0 atom stereocenters. The van der Waals surface area contributed by atoms with Gasteiger partial charge in [-0.1, -0.05) is 65.7 Å². The Balaban J connectivity index is 0.000000185. The molecule has 4 heteroatoms. The smallest absolute Gasteiger partial charge is 0.135 e. The lowest BCUT2D eigenvalue weighted by molar-refractivity contribution is 0.471. The van der Waals surface area contributed by atoms with Crippen molar-refractivity contribution in [3.05, 3.63) is 82.3 Å². The summed E-state index contributed by atoms with van der Waals surface area (Å²) in [4.78, 5) is 0. The first kappa shape index (κ1) is 17.2. The van der Waals surface area contributed by atoms with Crippen molar-refractivity contribution in [3.63, 3.8) is 0 Å². The van der Waals surface area contributed by atoms with Crippen LogP contribution in [-0.2, 0) is 0 Å². The second kappa shape index (κ2) is 7.91. The zero-order valence-corrected chi connectivity index (χ0v) is 14.0. The quantitative estimate of drug-likeness (QED) is 0.561. The van der Waals surface area contributed by atoms with Gasteiger partial charge in [0.2, 0.25) is 0 Å². The van der Waals surface area contributed by atoms with E-state index in [2.05, 4.69) is 0 Å². The number of phenolic OH excluding ortho intramolecular Hbond substituents is 2. The van der Waals surface area contributed by atoms with E-state index in [1.165, 1.54) is 6.07 Å². The van der Waals surface area contributed by atoms with Crippen LogP contribution >= 0.6 is 23.2 Å². The third-order valence-corrected chi connectivity index (χ3v) is 3.85. The average molecular weight is 347 g/mol. The highest BCUT2D eigenvalue weighted by Gasteiger charge is 2.03. The summed E-state index contributed by atoms with van der Waals surface area (Å²) >= 11 is 11.0. The second-order valence-electron chi connectivity index (χ2n) is 4.91. The Hall–Kier alpha value is -2.16. The SMILES string of the molecule is Cc1c(O)cccc1-c1ccccc1.Oc1cc(Cl)ccc1Cl. The molecule has 0 aromatic heterocycles. The molecule has 2 nitrogen and oxygen atoms in total. The van der Waals surface area contributed by atoms with E-state index >= 15 is 0 Å². The highest BCUT2D eigenvalue weighted by molar-refractivity contribution is 6.34. The van der Waals surface area contributed by atoms with Gasteiger partial charge in [0.1, 0.15) is 11.5 Å². The van der Waals surface area contributed by atoms with E-state index in [0.717, 1.165) is 16.7 Å². The van der Waals surface area contributed by atoms with Crippen LogP contribution in [0.5, 0.6) is 11.5 Å². The Morgan fingerprint density at radius 2 is 1.43 bits per heavy atom. The summed E-state index contributed by atoms with van der Waals surface area (Å²) in [7, 11) is 0. The molecule has 0 amide bonds. The third kappa shape index (κ3) is 4.65. The number of halogens is 2. The van der Waals surface area contributed by atoms with E-state index in [1.807, 2.05) is 49.4 Å². The van der Waals surface area contributed by atoms with E-state index in [1.54, 1.807) is 18.2 Å². The molecule has 0 spiro atoms. The van der Waals surface area contributed by atoms with Gasteiger partial charge in [0.15, 0.2) is 0 Å². The maximum Gasteiger partial charge on any atom is 0.135 e. The highest BCUT2D eigenvalue weighted by Crippen LogP contribution is 2.28. The molecule has 0 saturated heterocycles. The molecular formula is C19H16Cl2O2. The monoisotopic (exact) mass is 346 g/mol. The van der Waals surface area contributed by atoms with Crippen LogP contribution in [0.3, 0.4) is 0 Å². The van der Waals surface area contributed by atoms with Crippen molar-refractivity contribution in [3.8, 4) is 22.6 Å². The van der Waals surface area contributed by atoms with Gasteiger partial charge in [-0.15, -0.1) is 0 Å². The van der Waals surface area contributed by atoms with Crippen LogP contribution in [0.4, 0.5) is 0 Å². The van der Waals surface area contributed by atoms with Gasteiger partial charge in [-0.25, -0.2) is 0 Å². The molecule has 0 unspecified atom stereocenters. The van der Waals surface area contributed by atoms with Gasteiger partial charge in [0.05, 0.1) is 5.02 Å². The summed E-state index contributed by atoms with van der Waals surface area (Å²) in [5.41, 5.74) is 3.16. The first-order valence-corrected chi connectivity index (χ1v) is 7.72. The molecule has 3 rings (SSSR count). The maximum absolute atomic E-state index is 9.56. The van der Waals surface area contributed by atoms with E-state index < -0.39 is 0 Å². The van der Waals surface area contributed by atoms with Gasteiger partial charge in [-0.05, 0) is 41.8 Å². The summed E-state index contributed by atoms with van der Waals surface area (Å²) < 4.78 is 0. The van der Waals surface area contributed by atoms with Crippen molar-refractivity contribution in [2.45, 2.75) is 6.92 Å². The van der Waals surface area contributed by atoms with Crippen LogP contribution in [0.1, 0.15) is 5.56 Å². The van der Waals surface area contributed by atoms with E-state index in [4.69, 9.17) is 28.3 Å². The lowest BCUT2D eigenvalue weighted by Crippen LogP contribution is -1.82. The average Bonchev–Trinajstić information content (AvgIpc) is 2.55. The summed E-state index contributed by atoms with van der Waals surface area (Å²) in [6.07, 6.45) is 0. The summed E-state index contributed by atoms with van der Waals surface area (Å²) in [5.74, 6) is 0.371. The standard InChI is InChI=1S/C13H12O.C6H4Cl2O/c1-10-12(8-5-9-13(10)14)11-6-3-2-4-7-11;7-4-1-2-5(8)6(9)3-4/h2-9,14H,1H3;1-3,9H. The molecule has 23 heavy (non-hydrogen) atoms.